The van der Waals surface area contributed by atoms with E-state index >= 15 is 0 Å². The van der Waals surface area contributed by atoms with Crippen LogP contribution < -0.4 is 5.32 Å². The molecule has 0 aliphatic carbocycles. The highest BCUT2D eigenvalue weighted by Gasteiger charge is 2.30. The van der Waals surface area contributed by atoms with Crippen molar-refractivity contribution in [1.82, 2.24) is 5.32 Å². The molecule has 1 unspecified atom stereocenters. The average molecular weight is 286 g/mol. The van der Waals surface area contributed by atoms with Crippen molar-refractivity contribution in [3.8, 4) is 0 Å². The van der Waals surface area contributed by atoms with E-state index in [1.54, 1.807) is 12.1 Å². The van der Waals surface area contributed by atoms with Crippen LogP contribution in [-0.4, -0.2) is 37.4 Å². The Kier molecular flexibility index (Phi) is 5.79. The van der Waals surface area contributed by atoms with Crippen molar-refractivity contribution in [3.05, 3.63) is 34.9 Å². The highest BCUT2D eigenvalue weighted by molar-refractivity contribution is 6.30. The number of halogens is 1. The van der Waals surface area contributed by atoms with Crippen molar-refractivity contribution in [2.24, 2.45) is 0 Å². The van der Waals surface area contributed by atoms with Crippen LogP contribution in [0.3, 0.4) is 0 Å². The fourth-order valence-electron chi connectivity index (χ4n) is 1.69. The summed E-state index contributed by atoms with van der Waals surface area (Å²) in [5.41, 5.74) is 0.122. The number of methoxy groups -OCH3 is 1. The van der Waals surface area contributed by atoms with E-state index in [1.165, 1.54) is 7.11 Å². The Morgan fingerprint density at radius 3 is 2.79 bits per heavy atom. The summed E-state index contributed by atoms with van der Waals surface area (Å²) >= 11 is 5.94. The highest BCUT2D eigenvalue weighted by atomic mass is 35.5. The third-order valence-electron chi connectivity index (χ3n) is 2.97. The number of amides is 1. The standard InChI is InChI=1S/C14H20ClNO3/c1-14(2,10-5-4-6-11(15)7-10)13(18)16-8-12(17)9-19-3/h4-7,12,17H,8-9H2,1-3H3,(H,16,18). The van der Waals surface area contributed by atoms with Crippen molar-refractivity contribution in [2.45, 2.75) is 25.4 Å². The molecular weight excluding hydrogens is 266 g/mol. The quantitative estimate of drug-likeness (QED) is 0.837. The van der Waals surface area contributed by atoms with Crippen molar-refractivity contribution >= 4 is 17.5 Å². The van der Waals surface area contributed by atoms with E-state index in [2.05, 4.69) is 5.32 Å². The summed E-state index contributed by atoms with van der Waals surface area (Å²) in [6.45, 7) is 3.99. The van der Waals surface area contributed by atoms with Crippen molar-refractivity contribution < 1.29 is 14.6 Å². The van der Waals surface area contributed by atoms with E-state index < -0.39 is 11.5 Å². The predicted octanol–water partition coefficient (Wildman–Crippen LogP) is 1.74. The smallest absolute Gasteiger partial charge is 0.230 e. The number of benzene rings is 1. The molecule has 4 nitrogen and oxygen atoms in total. The Morgan fingerprint density at radius 1 is 1.53 bits per heavy atom. The monoisotopic (exact) mass is 285 g/mol. The van der Waals surface area contributed by atoms with Gasteiger partial charge in [-0.3, -0.25) is 4.79 Å². The Hall–Kier alpha value is -1.10. The molecule has 106 valence electrons. The van der Waals surface area contributed by atoms with E-state index in [1.807, 2.05) is 26.0 Å². The van der Waals surface area contributed by atoms with Crippen LogP contribution in [0.1, 0.15) is 19.4 Å². The zero-order valence-electron chi connectivity index (χ0n) is 11.4. The maximum atomic E-state index is 12.2. The zero-order valence-corrected chi connectivity index (χ0v) is 12.2. The minimum absolute atomic E-state index is 0.162. The SMILES string of the molecule is COCC(O)CNC(=O)C(C)(C)c1cccc(Cl)c1. The number of rotatable bonds is 6. The van der Waals surface area contributed by atoms with Crippen LogP contribution in [-0.2, 0) is 14.9 Å². The maximum Gasteiger partial charge on any atom is 0.230 e. The zero-order chi connectivity index (χ0) is 14.5. The van der Waals surface area contributed by atoms with Gasteiger partial charge in [0, 0.05) is 18.7 Å². The first-order valence-corrected chi connectivity index (χ1v) is 6.47. The van der Waals surface area contributed by atoms with Gasteiger partial charge in [0.2, 0.25) is 5.91 Å². The molecule has 5 heteroatoms. The molecule has 0 aromatic heterocycles. The summed E-state index contributed by atoms with van der Waals surface area (Å²) < 4.78 is 4.80. The minimum Gasteiger partial charge on any atom is -0.389 e. The lowest BCUT2D eigenvalue weighted by molar-refractivity contribution is -0.126. The molecule has 1 aromatic rings. The molecule has 1 rings (SSSR count). The van der Waals surface area contributed by atoms with E-state index in [9.17, 15) is 9.90 Å². The van der Waals surface area contributed by atoms with Gasteiger partial charge in [0.15, 0.2) is 0 Å². The summed E-state index contributed by atoms with van der Waals surface area (Å²) in [5.74, 6) is -0.162. The molecule has 19 heavy (non-hydrogen) atoms. The maximum absolute atomic E-state index is 12.2. The molecule has 0 heterocycles. The number of nitrogens with one attached hydrogen (secondary N) is 1. The van der Waals surface area contributed by atoms with Crippen LogP contribution in [0.4, 0.5) is 0 Å². The number of carbonyl (C=O) groups is 1. The lowest BCUT2D eigenvalue weighted by Crippen LogP contribution is -2.43. The number of hydrogen-bond donors (Lipinski definition) is 2. The summed E-state index contributed by atoms with van der Waals surface area (Å²) in [4.78, 5) is 12.2. The number of hydrogen-bond acceptors (Lipinski definition) is 3. The molecule has 0 saturated carbocycles. The van der Waals surface area contributed by atoms with Crippen molar-refractivity contribution in [3.63, 3.8) is 0 Å². The van der Waals surface area contributed by atoms with E-state index in [0.29, 0.717) is 5.02 Å². The Bertz CT molecular complexity index is 434. The number of ether oxygens (including phenoxy) is 1. The first kappa shape index (κ1) is 16.0. The third-order valence-corrected chi connectivity index (χ3v) is 3.21. The van der Waals surface area contributed by atoms with E-state index in [0.717, 1.165) is 5.56 Å². The summed E-state index contributed by atoms with van der Waals surface area (Å²) in [6, 6.07) is 7.21. The van der Waals surface area contributed by atoms with Gasteiger partial charge >= 0.3 is 0 Å². The Labute approximate surface area is 118 Å². The molecule has 2 N–H and O–H groups in total. The van der Waals surface area contributed by atoms with Gasteiger partial charge < -0.3 is 15.2 Å². The summed E-state index contributed by atoms with van der Waals surface area (Å²) in [7, 11) is 1.50. The van der Waals surface area contributed by atoms with Gasteiger partial charge in [0.05, 0.1) is 18.1 Å². The van der Waals surface area contributed by atoms with E-state index in [4.69, 9.17) is 16.3 Å². The van der Waals surface area contributed by atoms with Gasteiger partial charge in [-0.2, -0.15) is 0 Å². The van der Waals surface area contributed by atoms with Crippen LogP contribution in [0.2, 0.25) is 5.02 Å². The van der Waals surface area contributed by atoms with Crippen LogP contribution in [0.5, 0.6) is 0 Å². The lowest BCUT2D eigenvalue weighted by Gasteiger charge is -2.25. The van der Waals surface area contributed by atoms with Crippen LogP contribution >= 0.6 is 11.6 Å². The molecule has 0 aliphatic heterocycles. The van der Waals surface area contributed by atoms with Gasteiger partial charge in [0.1, 0.15) is 0 Å². The fourth-order valence-corrected chi connectivity index (χ4v) is 1.88. The summed E-state index contributed by atoms with van der Waals surface area (Å²) in [5, 5.41) is 12.8. The van der Waals surface area contributed by atoms with Gasteiger partial charge in [-0.1, -0.05) is 23.7 Å². The first-order valence-electron chi connectivity index (χ1n) is 6.09. The molecule has 1 atom stereocenters. The third kappa shape index (κ3) is 4.49. The minimum atomic E-state index is -0.711. The molecule has 0 radical (unpaired) electrons. The first-order chi connectivity index (χ1) is 8.87. The number of aliphatic hydroxyl groups is 1. The molecule has 0 saturated heterocycles. The van der Waals surface area contributed by atoms with Gasteiger partial charge in [-0.05, 0) is 31.5 Å². The molecule has 1 aromatic carbocycles. The Balaban J connectivity index is 2.69. The second-order valence-corrected chi connectivity index (χ2v) is 5.39. The van der Waals surface area contributed by atoms with Crippen LogP contribution in [0.25, 0.3) is 0 Å². The van der Waals surface area contributed by atoms with Crippen LogP contribution in [0, 0.1) is 0 Å². The largest absolute Gasteiger partial charge is 0.389 e. The lowest BCUT2D eigenvalue weighted by atomic mass is 9.83. The van der Waals surface area contributed by atoms with Gasteiger partial charge in [0.25, 0.3) is 0 Å². The fraction of sp³-hybridized carbons (Fsp3) is 0.500. The molecule has 0 spiro atoms. The van der Waals surface area contributed by atoms with E-state index in [-0.39, 0.29) is 19.1 Å². The van der Waals surface area contributed by atoms with Gasteiger partial charge in [-0.25, -0.2) is 0 Å². The predicted molar refractivity (Wildman–Crippen MR) is 75.4 cm³/mol. The van der Waals surface area contributed by atoms with Crippen molar-refractivity contribution in [1.29, 1.82) is 0 Å². The normalized spacial score (nSPS) is 13.1. The Morgan fingerprint density at radius 2 is 2.21 bits per heavy atom. The van der Waals surface area contributed by atoms with Crippen molar-refractivity contribution in [2.75, 3.05) is 20.3 Å². The molecule has 1 amide bonds. The molecule has 0 bridgehead atoms. The van der Waals surface area contributed by atoms with Crippen LogP contribution in [0.15, 0.2) is 24.3 Å². The average Bonchev–Trinajstić information content (AvgIpc) is 2.36. The topological polar surface area (TPSA) is 58.6 Å². The van der Waals surface area contributed by atoms with Gasteiger partial charge in [-0.15, -0.1) is 0 Å². The molecule has 0 aliphatic rings. The number of aliphatic hydroxyl groups excluding tert-OH is 1. The highest BCUT2D eigenvalue weighted by Crippen LogP contribution is 2.25. The molecule has 0 fully saturated rings. The molecular formula is C14H20ClNO3. The number of carbonyl (C=O) groups excluding carboxylic acids is 1. The second kappa shape index (κ2) is 6.89. The summed E-state index contributed by atoms with van der Waals surface area (Å²) in [6.07, 6.45) is -0.705. The second-order valence-electron chi connectivity index (χ2n) is 4.95.